The summed E-state index contributed by atoms with van der Waals surface area (Å²) >= 11 is 0. The number of hydrogen-bond acceptors (Lipinski definition) is 5. The molecule has 6 nitrogen and oxygen atoms in total. The van der Waals surface area contributed by atoms with E-state index < -0.39 is 28.9 Å². The van der Waals surface area contributed by atoms with Gasteiger partial charge in [-0.2, -0.15) is 4.98 Å². The second-order valence-corrected chi connectivity index (χ2v) is 5.76. The standard InChI is InChI=1S/C17H16F3N3O3/c1-25-13-7-21-8-14(22-13)26-10-3-2-6-23(9-10)17(24)11-4-5-12(18)16(20)15(11)19/h4-5,7-8,10H,2-3,6,9H2,1H3. The number of methoxy groups -OCH3 is 1. The lowest BCUT2D eigenvalue weighted by molar-refractivity contribution is 0.0520. The van der Waals surface area contributed by atoms with Gasteiger partial charge in [0.15, 0.2) is 17.5 Å². The first-order valence-electron chi connectivity index (χ1n) is 7.95. The molecule has 1 aliphatic rings. The second kappa shape index (κ2) is 7.59. The minimum atomic E-state index is -1.66. The number of piperidine rings is 1. The van der Waals surface area contributed by atoms with Gasteiger partial charge >= 0.3 is 0 Å². The van der Waals surface area contributed by atoms with Crippen molar-refractivity contribution in [3.8, 4) is 11.8 Å². The molecule has 0 saturated carbocycles. The molecular formula is C17H16F3N3O3. The number of hydrogen-bond donors (Lipinski definition) is 0. The fourth-order valence-electron chi connectivity index (χ4n) is 2.74. The highest BCUT2D eigenvalue weighted by molar-refractivity contribution is 5.94. The molecule has 1 atom stereocenters. The van der Waals surface area contributed by atoms with Gasteiger partial charge in [-0.15, -0.1) is 0 Å². The molecule has 9 heteroatoms. The van der Waals surface area contributed by atoms with Gasteiger partial charge in [0.25, 0.3) is 5.91 Å². The Balaban J connectivity index is 1.72. The first kappa shape index (κ1) is 18.0. The van der Waals surface area contributed by atoms with E-state index in [1.807, 2.05) is 0 Å². The van der Waals surface area contributed by atoms with Crippen molar-refractivity contribution in [2.45, 2.75) is 18.9 Å². The average molecular weight is 367 g/mol. The van der Waals surface area contributed by atoms with Gasteiger partial charge in [-0.3, -0.25) is 9.78 Å². The normalized spacial score (nSPS) is 17.1. The minimum absolute atomic E-state index is 0.163. The number of carbonyl (C=O) groups is 1. The number of nitrogens with zero attached hydrogens (tertiary/aromatic N) is 3. The predicted octanol–water partition coefficient (Wildman–Crippen LogP) is 2.59. The molecule has 26 heavy (non-hydrogen) atoms. The predicted molar refractivity (Wildman–Crippen MR) is 84.5 cm³/mol. The fraction of sp³-hybridized carbons (Fsp3) is 0.353. The number of ether oxygens (including phenoxy) is 2. The zero-order valence-corrected chi connectivity index (χ0v) is 13.9. The fourth-order valence-corrected chi connectivity index (χ4v) is 2.74. The van der Waals surface area contributed by atoms with Crippen LogP contribution in [-0.2, 0) is 0 Å². The average Bonchev–Trinajstić information content (AvgIpc) is 2.66. The number of amides is 1. The van der Waals surface area contributed by atoms with Crippen LogP contribution in [0, 0.1) is 17.5 Å². The maximum Gasteiger partial charge on any atom is 0.257 e. The third kappa shape index (κ3) is 3.71. The molecule has 1 aromatic carbocycles. The van der Waals surface area contributed by atoms with E-state index in [0.29, 0.717) is 19.4 Å². The number of benzene rings is 1. The second-order valence-electron chi connectivity index (χ2n) is 5.76. The van der Waals surface area contributed by atoms with Crippen LogP contribution < -0.4 is 9.47 Å². The van der Waals surface area contributed by atoms with Gasteiger partial charge in [0.2, 0.25) is 11.8 Å². The van der Waals surface area contributed by atoms with Crippen LogP contribution in [0.5, 0.6) is 11.8 Å². The van der Waals surface area contributed by atoms with Crippen LogP contribution in [0.1, 0.15) is 23.2 Å². The van der Waals surface area contributed by atoms with E-state index in [1.165, 1.54) is 24.4 Å². The number of rotatable bonds is 4. The molecule has 0 spiro atoms. The minimum Gasteiger partial charge on any atom is -0.480 e. The Morgan fingerprint density at radius 2 is 1.96 bits per heavy atom. The van der Waals surface area contributed by atoms with Crippen LogP contribution >= 0.6 is 0 Å². The molecule has 0 radical (unpaired) electrons. The summed E-state index contributed by atoms with van der Waals surface area (Å²) in [6, 6.07) is 1.67. The lowest BCUT2D eigenvalue weighted by atomic mass is 10.1. The highest BCUT2D eigenvalue weighted by Gasteiger charge is 2.29. The number of likely N-dealkylation sites (tertiary alicyclic amines) is 1. The van der Waals surface area contributed by atoms with Crippen molar-refractivity contribution in [3.63, 3.8) is 0 Å². The van der Waals surface area contributed by atoms with Crippen molar-refractivity contribution in [1.82, 2.24) is 14.9 Å². The van der Waals surface area contributed by atoms with E-state index in [1.54, 1.807) is 0 Å². The summed E-state index contributed by atoms with van der Waals surface area (Å²) in [5, 5.41) is 0. The van der Waals surface area contributed by atoms with Crippen LogP contribution in [0.2, 0.25) is 0 Å². The summed E-state index contributed by atoms with van der Waals surface area (Å²) < 4.78 is 51.0. The zero-order chi connectivity index (χ0) is 18.7. The highest BCUT2D eigenvalue weighted by atomic mass is 19.2. The van der Waals surface area contributed by atoms with Crippen LogP contribution in [0.15, 0.2) is 24.5 Å². The SMILES string of the molecule is COc1cncc(OC2CCCN(C(=O)c3ccc(F)c(F)c3F)C2)n1. The summed E-state index contributed by atoms with van der Waals surface area (Å²) in [5.41, 5.74) is -0.509. The third-order valence-corrected chi connectivity index (χ3v) is 4.02. The van der Waals surface area contributed by atoms with Gasteiger partial charge in [-0.25, -0.2) is 13.2 Å². The molecule has 1 aliphatic heterocycles. The molecule has 2 heterocycles. The molecule has 1 fully saturated rings. The molecule has 0 N–H and O–H groups in total. The first-order chi connectivity index (χ1) is 12.5. The number of aromatic nitrogens is 2. The van der Waals surface area contributed by atoms with Crippen molar-refractivity contribution in [2.24, 2.45) is 0 Å². The largest absolute Gasteiger partial charge is 0.480 e. The Morgan fingerprint density at radius 3 is 2.73 bits per heavy atom. The zero-order valence-electron chi connectivity index (χ0n) is 13.9. The smallest absolute Gasteiger partial charge is 0.257 e. The third-order valence-electron chi connectivity index (χ3n) is 4.02. The monoisotopic (exact) mass is 367 g/mol. The van der Waals surface area contributed by atoms with Gasteiger partial charge < -0.3 is 14.4 Å². The summed E-state index contributed by atoms with van der Waals surface area (Å²) in [5.74, 6) is -4.68. The Labute approximate surface area is 147 Å². The summed E-state index contributed by atoms with van der Waals surface area (Å²) in [7, 11) is 1.45. The van der Waals surface area contributed by atoms with Crippen LogP contribution in [0.3, 0.4) is 0 Å². The van der Waals surface area contributed by atoms with Crippen molar-refractivity contribution < 1.29 is 27.4 Å². The van der Waals surface area contributed by atoms with Crippen LogP contribution in [0.25, 0.3) is 0 Å². The molecule has 0 bridgehead atoms. The number of halogens is 3. The first-order valence-corrected chi connectivity index (χ1v) is 7.95. The van der Waals surface area contributed by atoms with E-state index in [4.69, 9.17) is 9.47 Å². The highest BCUT2D eigenvalue weighted by Crippen LogP contribution is 2.22. The molecule has 1 aromatic heterocycles. The quantitative estimate of drug-likeness (QED) is 0.778. The lowest BCUT2D eigenvalue weighted by Crippen LogP contribution is -2.44. The molecule has 138 valence electrons. The molecule has 1 unspecified atom stereocenters. The van der Waals surface area contributed by atoms with Crippen molar-refractivity contribution >= 4 is 5.91 Å². The molecular weight excluding hydrogens is 351 g/mol. The molecule has 1 saturated heterocycles. The van der Waals surface area contributed by atoms with Gasteiger partial charge in [0.05, 0.1) is 31.6 Å². The summed E-state index contributed by atoms with van der Waals surface area (Å²) in [6.45, 7) is 0.525. The van der Waals surface area contributed by atoms with E-state index in [2.05, 4.69) is 9.97 Å². The van der Waals surface area contributed by atoms with Crippen LogP contribution in [-0.4, -0.2) is 47.1 Å². The Kier molecular flexibility index (Phi) is 5.24. The summed E-state index contributed by atoms with van der Waals surface area (Å²) in [6.07, 6.45) is 3.72. The Morgan fingerprint density at radius 1 is 1.19 bits per heavy atom. The molecule has 2 aromatic rings. The Hall–Kier alpha value is -2.84. The molecule has 1 amide bonds. The van der Waals surface area contributed by atoms with E-state index in [9.17, 15) is 18.0 Å². The van der Waals surface area contributed by atoms with Crippen LogP contribution in [0.4, 0.5) is 13.2 Å². The van der Waals surface area contributed by atoms with E-state index in [0.717, 1.165) is 12.1 Å². The van der Waals surface area contributed by atoms with Crippen molar-refractivity contribution in [3.05, 3.63) is 47.5 Å². The maximum absolute atomic E-state index is 13.9. The van der Waals surface area contributed by atoms with Gasteiger partial charge in [-0.05, 0) is 25.0 Å². The van der Waals surface area contributed by atoms with Gasteiger partial charge in [0.1, 0.15) is 6.10 Å². The van der Waals surface area contributed by atoms with Crippen molar-refractivity contribution in [1.29, 1.82) is 0 Å². The van der Waals surface area contributed by atoms with Gasteiger partial charge in [-0.1, -0.05) is 0 Å². The van der Waals surface area contributed by atoms with Gasteiger partial charge in [0, 0.05) is 6.54 Å². The molecule has 0 aliphatic carbocycles. The summed E-state index contributed by atoms with van der Waals surface area (Å²) in [4.78, 5) is 21.8. The maximum atomic E-state index is 13.9. The lowest BCUT2D eigenvalue weighted by Gasteiger charge is -2.32. The van der Waals surface area contributed by atoms with E-state index >= 15 is 0 Å². The Bertz CT molecular complexity index is 819. The molecule has 3 rings (SSSR count). The number of carbonyl (C=O) groups excluding carboxylic acids is 1. The van der Waals surface area contributed by atoms with Crippen molar-refractivity contribution in [2.75, 3.05) is 20.2 Å². The van der Waals surface area contributed by atoms with E-state index in [-0.39, 0.29) is 24.4 Å². The topological polar surface area (TPSA) is 64.6 Å².